The minimum Gasteiger partial charge on any atom is -0.493 e. The van der Waals surface area contributed by atoms with Crippen molar-refractivity contribution in [1.82, 2.24) is 9.78 Å². The van der Waals surface area contributed by atoms with E-state index in [1.165, 1.54) is 12.1 Å². The van der Waals surface area contributed by atoms with Crippen molar-refractivity contribution in [1.29, 1.82) is 0 Å². The summed E-state index contributed by atoms with van der Waals surface area (Å²) in [4.78, 5) is 27.4. The Labute approximate surface area is 229 Å². The van der Waals surface area contributed by atoms with Crippen molar-refractivity contribution < 1.29 is 24.9 Å². The summed E-state index contributed by atoms with van der Waals surface area (Å²) >= 11 is 6.23. The van der Waals surface area contributed by atoms with Gasteiger partial charge in [0.2, 0.25) is 0 Å². The van der Waals surface area contributed by atoms with Crippen molar-refractivity contribution >= 4 is 34.0 Å². The number of carbonyl (C=O) groups is 1. The summed E-state index contributed by atoms with van der Waals surface area (Å²) in [6.07, 6.45) is -1.28. The lowest BCUT2D eigenvalue weighted by Crippen LogP contribution is -2.54. The van der Waals surface area contributed by atoms with Crippen LogP contribution in [0.4, 0.5) is 5.69 Å². The Morgan fingerprint density at radius 3 is 2.49 bits per heavy atom. The SMILES string of the molecule is Cc1ccc(N(C(=O)Cn2nc(-c3cccc(Cl)c3)c3ccc(OCC4CC4)cc3c2=O)C(O)(O)O)cc1C. The van der Waals surface area contributed by atoms with E-state index in [0.29, 0.717) is 44.8 Å². The van der Waals surface area contributed by atoms with E-state index >= 15 is 0 Å². The quantitative estimate of drug-likeness (QED) is 0.286. The van der Waals surface area contributed by atoms with Gasteiger partial charge in [0, 0.05) is 16.0 Å². The zero-order valence-electron chi connectivity index (χ0n) is 21.5. The second kappa shape index (κ2) is 10.4. The number of amides is 1. The van der Waals surface area contributed by atoms with E-state index in [1.807, 2.05) is 6.92 Å². The Morgan fingerprint density at radius 2 is 1.82 bits per heavy atom. The van der Waals surface area contributed by atoms with Gasteiger partial charge in [-0.3, -0.25) is 9.59 Å². The Balaban J connectivity index is 1.60. The predicted molar refractivity (Wildman–Crippen MR) is 147 cm³/mol. The van der Waals surface area contributed by atoms with Gasteiger partial charge in [-0.1, -0.05) is 29.8 Å². The molecule has 1 amide bonds. The summed E-state index contributed by atoms with van der Waals surface area (Å²) in [5.41, 5.74) is 2.14. The van der Waals surface area contributed by atoms with Crippen LogP contribution in [-0.2, 0) is 11.3 Å². The Morgan fingerprint density at radius 1 is 1.05 bits per heavy atom. The molecular weight excluding hydrogens is 522 g/mol. The highest BCUT2D eigenvalue weighted by Crippen LogP contribution is 2.32. The molecule has 0 aliphatic heterocycles. The maximum Gasteiger partial charge on any atom is 0.376 e. The second-order valence-corrected chi connectivity index (χ2v) is 10.3. The summed E-state index contributed by atoms with van der Waals surface area (Å²) in [5, 5.41) is 35.9. The monoisotopic (exact) mass is 549 g/mol. The number of fused-ring (bicyclic) bond motifs is 1. The number of carbonyl (C=O) groups excluding carboxylic acids is 1. The molecule has 0 bridgehead atoms. The average Bonchev–Trinajstić information content (AvgIpc) is 3.70. The molecule has 0 spiro atoms. The number of aryl methyl sites for hydroxylation is 2. The fourth-order valence-electron chi connectivity index (χ4n) is 4.36. The molecule has 1 aliphatic carbocycles. The van der Waals surface area contributed by atoms with E-state index in [-0.39, 0.29) is 11.1 Å². The number of benzene rings is 3. The molecule has 1 fully saturated rings. The fourth-order valence-corrected chi connectivity index (χ4v) is 4.55. The minimum absolute atomic E-state index is 0.0373. The van der Waals surface area contributed by atoms with Gasteiger partial charge in [-0.15, -0.1) is 0 Å². The van der Waals surface area contributed by atoms with Gasteiger partial charge in [0.05, 0.1) is 23.4 Å². The highest BCUT2D eigenvalue weighted by atomic mass is 35.5. The number of ether oxygens (including phenoxy) is 1. The van der Waals surface area contributed by atoms with E-state index in [4.69, 9.17) is 16.3 Å². The highest BCUT2D eigenvalue weighted by molar-refractivity contribution is 6.30. The van der Waals surface area contributed by atoms with E-state index in [2.05, 4.69) is 5.10 Å². The van der Waals surface area contributed by atoms with Gasteiger partial charge in [0.25, 0.3) is 11.5 Å². The molecule has 3 aromatic carbocycles. The molecule has 0 radical (unpaired) electrons. The Kier molecular flexibility index (Phi) is 7.17. The van der Waals surface area contributed by atoms with E-state index in [9.17, 15) is 24.9 Å². The molecule has 39 heavy (non-hydrogen) atoms. The number of hydrogen-bond acceptors (Lipinski definition) is 7. The molecule has 1 aliphatic rings. The number of rotatable bonds is 8. The van der Waals surface area contributed by atoms with Crippen molar-refractivity contribution in [3.63, 3.8) is 0 Å². The van der Waals surface area contributed by atoms with Crippen LogP contribution in [0.1, 0.15) is 24.0 Å². The maximum absolute atomic E-state index is 13.6. The molecule has 0 atom stereocenters. The predicted octanol–water partition coefficient (Wildman–Crippen LogP) is 3.74. The van der Waals surface area contributed by atoms with Gasteiger partial charge in [-0.25, -0.2) is 9.58 Å². The van der Waals surface area contributed by atoms with Gasteiger partial charge >= 0.3 is 6.10 Å². The first kappa shape index (κ1) is 26.8. The molecule has 1 saturated carbocycles. The molecule has 1 heterocycles. The summed E-state index contributed by atoms with van der Waals surface area (Å²) in [7, 11) is 0. The molecule has 1 aromatic heterocycles. The van der Waals surface area contributed by atoms with Crippen molar-refractivity contribution in [2.75, 3.05) is 11.5 Å². The van der Waals surface area contributed by atoms with Crippen LogP contribution >= 0.6 is 11.6 Å². The van der Waals surface area contributed by atoms with Crippen molar-refractivity contribution in [2.45, 2.75) is 39.3 Å². The number of hydrogen-bond donors (Lipinski definition) is 3. The third-order valence-corrected chi connectivity index (χ3v) is 7.03. The van der Waals surface area contributed by atoms with Crippen molar-refractivity contribution in [3.8, 4) is 17.0 Å². The average molecular weight is 550 g/mol. The molecule has 5 rings (SSSR count). The van der Waals surface area contributed by atoms with Crippen molar-refractivity contribution in [3.05, 3.63) is 87.2 Å². The van der Waals surface area contributed by atoms with Crippen LogP contribution in [0.15, 0.2) is 65.5 Å². The van der Waals surface area contributed by atoms with Gasteiger partial charge in [-0.2, -0.15) is 5.10 Å². The van der Waals surface area contributed by atoms with Gasteiger partial charge in [0.15, 0.2) is 0 Å². The highest BCUT2D eigenvalue weighted by Gasteiger charge is 2.36. The first-order chi connectivity index (χ1) is 18.5. The first-order valence-corrected chi connectivity index (χ1v) is 12.9. The van der Waals surface area contributed by atoms with Crippen LogP contribution in [0.25, 0.3) is 22.0 Å². The summed E-state index contributed by atoms with van der Waals surface area (Å²) < 4.78 is 6.81. The first-order valence-electron chi connectivity index (χ1n) is 12.5. The molecule has 0 unspecified atom stereocenters. The van der Waals surface area contributed by atoms with E-state index in [1.54, 1.807) is 55.5 Å². The number of halogens is 1. The van der Waals surface area contributed by atoms with Crippen LogP contribution in [0.2, 0.25) is 5.02 Å². The number of aliphatic hydroxyl groups is 3. The second-order valence-electron chi connectivity index (χ2n) is 9.88. The third kappa shape index (κ3) is 5.81. The van der Waals surface area contributed by atoms with Crippen LogP contribution < -0.4 is 15.2 Å². The zero-order valence-corrected chi connectivity index (χ0v) is 22.2. The molecular formula is C29H28ClN3O6. The number of nitrogens with zero attached hydrogens (tertiary/aromatic N) is 3. The van der Waals surface area contributed by atoms with E-state index in [0.717, 1.165) is 28.7 Å². The van der Waals surface area contributed by atoms with Gasteiger partial charge < -0.3 is 20.1 Å². The molecule has 3 N–H and O–H groups in total. The van der Waals surface area contributed by atoms with Crippen molar-refractivity contribution in [2.24, 2.45) is 5.92 Å². The topological polar surface area (TPSA) is 125 Å². The standard InChI is InChI=1S/C29H28ClN3O6/c1-17-6-9-22(12-18(17)2)33(29(36,37)38)26(34)15-32-28(35)25-14-23(39-16-19-7-8-19)10-11-24(25)27(31-32)20-4-3-5-21(30)13-20/h3-6,9-14,19,36-38H,7-8,15-16H2,1-2H3. The third-order valence-electron chi connectivity index (χ3n) is 6.80. The molecule has 0 saturated heterocycles. The summed E-state index contributed by atoms with van der Waals surface area (Å²) in [5.74, 6) is 0.0592. The summed E-state index contributed by atoms with van der Waals surface area (Å²) in [6.45, 7) is 3.51. The smallest absolute Gasteiger partial charge is 0.376 e. The zero-order chi connectivity index (χ0) is 27.9. The maximum atomic E-state index is 13.6. The van der Waals surface area contributed by atoms with Crippen LogP contribution in [0.3, 0.4) is 0 Å². The lowest BCUT2D eigenvalue weighted by molar-refractivity contribution is -0.306. The fraction of sp³-hybridized carbons (Fsp3) is 0.276. The lowest BCUT2D eigenvalue weighted by atomic mass is 10.0. The molecule has 4 aromatic rings. The number of anilines is 1. The Bertz CT molecular complexity index is 1620. The normalized spacial score (nSPS) is 13.5. The molecule has 9 nitrogen and oxygen atoms in total. The lowest BCUT2D eigenvalue weighted by Gasteiger charge is -2.30. The van der Waals surface area contributed by atoms with Crippen LogP contribution in [-0.4, -0.2) is 43.7 Å². The van der Waals surface area contributed by atoms with Gasteiger partial charge in [0.1, 0.15) is 12.3 Å². The molecule has 10 heteroatoms. The number of aromatic nitrogens is 2. The summed E-state index contributed by atoms with van der Waals surface area (Å²) in [6, 6.07) is 16.7. The molecule has 202 valence electrons. The van der Waals surface area contributed by atoms with E-state index < -0.39 is 24.1 Å². The van der Waals surface area contributed by atoms with Crippen LogP contribution in [0.5, 0.6) is 5.75 Å². The largest absolute Gasteiger partial charge is 0.493 e. The van der Waals surface area contributed by atoms with Gasteiger partial charge in [-0.05, 0) is 86.2 Å². The minimum atomic E-state index is -3.52. The van der Waals surface area contributed by atoms with Crippen LogP contribution in [0, 0.1) is 19.8 Å². The Hall–Kier alpha value is -3.76.